The molecule has 0 aliphatic carbocycles. The minimum absolute atomic E-state index is 0.334. The number of thioether (sulfide) groups is 1. The Kier molecular flexibility index (Phi) is 6.97. The molecule has 2 nitrogen and oxygen atoms in total. The van der Waals surface area contributed by atoms with E-state index in [1.807, 2.05) is 23.9 Å². The van der Waals surface area contributed by atoms with Crippen LogP contribution in [0, 0.1) is 0 Å². The first-order valence-corrected chi connectivity index (χ1v) is 9.18. The molecule has 0 radical (unpaired) electrons. The number of rotatable bonds is 7. The second kappa shape index (κ2) is 7.97. The van der Waals surface area contributed by atoms with E-state index in [1.165, 1.54) is 17.7 Å². The number of hydrogen-bond donors (Lipinski definition) is 1. The van der Waals surface area contributed by atoms with E-state index in [9.17, 15) is 4.21 Å². The van der Waals surface area contributed by atoms with Crippen LogP contribution < -0.4 is 5.32 Å². The predicted octanol–water partition coefficient (Wildman–Crippen LogP) is 3.22. The Morgan fingerprint density at radius 3 is 2.39 bits per heavy atom. The summed E-state index contributed by atoms with van der Waals surface area (Å²) >= 11 is 1.88. The maximum atomic E-state index is 11.3. The molecule has 1 rings (SSSR count). The molecule has 0 saturated carbocycles. The van der Waals surface area contributed by atoms with Crippen molar-refractivity contribution < 1.29 is 4.21 Å². The monoisotopic (exact) mass is 285 g/mol. The largest absolute Gasteiger partial charge is 0.308 e. The van der Waals surface area contributed by atoms with E-state index >= 15 is 0 Å². The second-order valence-corrected chi connectivity index (χ2v) is 6.96. The Morgan fingerprint density at radius 2 is 1.89 bits per heavy atom. The summed E-state index contributed by atoms with van der Waals surface area (Å²) in [5.74, 6) is 1.19. The van der Waals surface area contributed by atoms with E-state index in [0.717, 1.165) is 4.90 Å². The summed E-state index contributed by atoms with van der Waals surface area (Å²) in [5.41, 5.74) is 1.25. The third-order valence-electron chi connectivity index (χ3n) is 3.00. The number of nitrogens with one attached hydrogen (secondary N) is 1. The fourth-order valence-corrected chi connectivity index (χ4v) is 2.96. The van der Waals surface area contributed by atoms with Gasteiger partial charge in [0.15, 0.2) is 0 Å². The Morgan fingerprint density at radius 1 is 1.28 bits per heavy atom. The van der Waals surface area contributed by atoms with Crippen LogP contribution in [-0.2, 0) is 10.8 Å². The third kappa shape index (κ3) is 5.12. The van der Waals surface area contributed by atoms with Gasteiger partial charge in [-0.15, -0.1) is 0 Å². The fourth-order valence-electron chi connectivity index (χ4n) is 1.85. The summed E-state index contributed by atoms with van der Waals surface area (Å²) in [6.07, 6.45) is 5.03. The lowest BCUT2D eigenvalue weighted by molar-refractivity contribution is 0.471. The van der Waals surface area contributed by atoms with Crippen LogP contribution in [0.25, 0.3) is 0 Å². The van der Waals surface area contributed by atoms with Gasteiger partial charge in [-0.25, -0.2) is 0 Å². The van der Waals surface area contributed by atoms with Crippen molar-refractivity contribution in [2.75, 3.05) is 18.3 Å². The third-order valence-corrected chi connectivity index (χ3v) is 4.58. The van der Waals surface area contributed by atoms with E-state index in [4.69, 9.17) is 0 Å². The van der Waals surface area contributed by atoms with E-state index in [2.05, 4.69) is 37.6 Å². The van der Waals surface area contributed by atoms with Gasteiger partial charge in [-0.1, -0.05) is 12.1 Å². The summed E-state index contributed by atoms with van der Waals surface area (Å²) in [4.78, 5) is 0.890. The maximum absolute atomic E-state index is 11.3. The Bertz CT molecular complexity index is 378. The second-order valence-electron chi connectivity index (χ2n) is 4.59. The van der Waals surface area contributed by atoms with Gasteiger partial charge in [-0.3, -0.25) is 4.21 Å². The summed E-state index contributed by atoms with van der Waals surface area (Å²) in [7, 11) is -0.889. The van der Waals surface area contributed by atoms with Crippen molar-refractivity contribution in [1.29, 1.82) is 0 Å². The van der Waals surface area contributed by atoms with Crippen LogP contribution >= 0.6 is 11.8 Å². The predicted molar refractivity (Wildman–Crippen MR) is 82.8 cm³/mol. The lowest BCUT2D eigenvalue weighted by Gasteiger charge is -2.20. The number of hydrogen-bond acceptors (Lipinski definition) is 3. The van der Waals surface area contributed by atoms with Gasteiger partial charge in [-0.2, -0.15) is 11.8 Å². The Balaban J connectivity index is 2.55. The average molecular weight is 285 g/mol. The molecule has 0 unspecified atom stereocenters. The Labute approximate surface area is 117 Å². The first-order chi connectivity index (χ1) is 8.54. The molecule has 0 aliphatic rings. The van der Waals surface area contributed by atoms with Gasteiger partial charge in [0.1, 0.15) is 0 Å². The molecule has 18 heavy (non-hydrogen) atoms. The van der Waals surface area contributed by atoms with Crippen molar-refractivity contribution in [2.24, 2.45) is 0 Å². The van der Waals surface area contributed by atoms with Gasteiger partial charge >= 0.3 is 0 Å². The van der Waals surface area contributed by atoms with Crippen LogP contribution in [0.3, 0.4) is 0 Å². The van der Waals surface area contributed by atoms with E-state index in [-0.39, 0.29) is 0 Å². The van der Waals surface area contributed by atoms with Crippen LogP contribution in [0.4, 0.5) is 0 Å². The van der Waals surface area contributed by atoms with E-state index in [1.54, 1.807) is 6.26 Å². The van der Waals surface area contributed by atoms with Gasteiger partial charge in [-0.05, 0) is 50.0 Å². The molecule has 0 fully saturated rings. The van der Waals surface area contributed by atoms with Crippen LogP contribution in [0.2, 0.25) is 0 Å². The summed E-state index contributed by atoms with van der Waals surface area (Å²) in [5, 5.41) is 3.59. The Hall–Kier alpha value is -0.320. The lowest BCUT2D eigenvalue weighted by Crippen LogP contribution is -2.29. The molecule has 102 valence electrons. The first kappa shape index (κ1) is 15.7. The van der Waals surface area contributed by atoms with Crippen LogP contribution in [-0.4, -0.2) is 28.5 Å². The van der Waals surface area contributed by atoms with Crippen LogP contribution in [0.5, 0.6) is 0 Å². The van der Waals surface area contributed by atoms with Crippen molar-refractivity contribution in [2.45, 2.75) is 37.2 Å². The topological polar surface area (TPSA) is 29.1 Å². The zero-order valence-electron chi connectivity index (χ0n) is 11.6. The van der Waals surface area contributed by atoms with Crippen molar-refractivity contribution in [1.82, 2.24) is 5.32 Å². The average Bonchev–Trinajstić information content (AvgIpc) is 2.36. The summed E-state index contributed by atoms with van der Waals surface area (Å²) < 4.78 is 11.3. The molecular formula is C14H23NOS2. The molecule has 3 atom stereocenters. The van der Waals surface area contributed by atoms with Crippen LogP contribution in [0.15, 0.2) is 29.2 Å². The SMILES string of the molecule is CSCC[C@H](C)N[C@H](C)c1ccc([S@](C)=O)cc1. The highest BCUT2D eigenvalue weighted by molar-refractivity contribution is 7.98. The van der Waals surface area contributed by atoms with Gasteiger partial charge in [0, 0.05) is 34.0 Å². The quantitative estimate of drug-likeness (QED) is 0.834. The molecule has 1 aromatic carbocycles. The molecule has 4 heteroatoms. The highest BCUT2D eigenvalue weighted by Crippen LogP contribution is 2.16. The van der Waals surface area contributed by atoms with Gasteiger partial charge < -0.3 is 5.32 Å². The first-order valence-electron chi connectivity index (χ1n) is 6.23. The normalized spacial score (nSPS) is 16.2. The standard InChI is InChI=1S/C14H23NOS2/c1-11(9-10-17-3)15-12(2)13-5-7-14(8-6-13)18(4)16/h5-8,11-12,15H,9-10H2,1-4H3/t11-,12+,18-/m0/s1. The zero-order valence-corrected chi connectivity index (χ0v) is 13.2. The maximum Gasteiger partial charge on any atom is 0.0498 e. The molecule has 0 aromatic heterocycles. The molecule has 0 amide bonds. The summed E-state index contributed by atoms with van der Waals surface area (Å²) in [6.45, 7) is 4.40. The van der Waals surface area contributed by atoms with Crippen molar-refractivity contribution in [3.05, 3.63) is 29.8 Å². The molecule has 0 aliphatic heterocycles. The van der Waals surface area contributed by atoms with Gasteiger partial charge in [0.2, 0.25) is 0 Å². The van der Waals surface area contributed by atoms with Crippen molar-refractivity contribution in [3.63, 3.8) is 0 Å². The highest BCUT2D eigenvalue weighted by atomic mass is 32.2. The molecule has 1 N–H and O–H groups in total. The van der Waals surface area contributed by atoms with Gasteiger partial charge in [0.25, 0.3) is 0 Å². The van der Waals surface area contributed by atoms with Crippen molar-refractivity contribution >= 4 is 22.6 Å². The zero-order chi connectivity index (χ0) is 13.5. The lowest BCUT2D eigenvalue weighted by atomic mass is 10.1. The minimum atomic E-state index is -0.889. The van der Waals surface area contributed by atoms with E-state index < -0.39 is 10.8 Å². The minimum Gasteiger partial charge on any atom is -0.308 e. The molecule has 1 aromatic rings. The fraction of sp³-hybridized carbons (Fsp3) is 0.571. The smallest absolute Gasteiger partial charge is 0.0498 e. The van der Waals surface area contributed by atoms with Crippen molar-refractivity contribution in [3.8, 4) is 0 Å². The highest BCUT2D eigenvalue weighted by Gasteiger charge is 2.09. The molecular weight excluding hydrogens is 262 g/mol. The molecule has 0 saturated heterocycles. The number of benzene rings is 1. The van der Waals surface area contributed by atoms with Crippen LogP contribution in [0.1, 0.15) is 31.9 Å². The summed E-state index contributed by atoms with van der Waals surface area (Å²) in [6, 6.07) is 8.89. The molecule has 0 spiro atoms. The molecule has 0 bridgehead atoms. The van der Waals surface area contributed by atoms with E-state index in [0.29, 0.717) is 12.1 Å². The van der Waals surface area contributed by atoms with Gasteiger partial charge in [0.05, 0.1) is 0 Å². The molecule has 0 heterocycles.